The van der Waals surface area contributed by atoms with E-state index in [4.69, 9.17) is 35.6 Å². The quantitative estimate of drug-likeness (QED) is 0.0627. The summed E-state index contributed by atoms with van der Waals surface area (Å²) in [5.74, 6) is 0.972. The number of aromatic nitrogens is 3. The second kappa shape index (κ2) is 21.7. The van der Waals surface area contributed by atoms with Crippen molar-refractivity contribution >= 4 is 56.7 Å². The van der Waals surface area contributed by atoms with E-state index < -0.39 is 5.24 Å². The third kappa shape index (κ3) is 13.4. The maximum absolute atomic E-state index is 13.4. The number of rotatable bonds is 17. The predicted octanol–water partition coefficient (Wildman–Crippen LogP) is 8.07. The molecule has 3 N–H and O–H groups in total. The minimum Gasteiger partial charge on any atom is -0.493 e. The average molecular weight is 787 g/mol. The summed E-state index contributed by atoms with van der Waals surface area (Å²) < 4.78 is 23.0. The first-order valence-corrected chi connectivity index (χ1v) is 18.7. The molecule has 56 heavy (non-hydrogen) atoms. The Morgan fingerprint density at radius 1 is 0.821 bits per heavy atom. The van der Waals surface area contributed by atoms with Gasteiger partial charge in [-0.05, 0) is 60.8 Å². The molecule has 0 bridgehead atoms. The number of hydrogen-bond acceptors (Lipinski definition) is 9. The highest BCUT2D eigenvalue weighted by molar-refractivity contribution is 6.63. The summed E-state index contributed by atoms with van der Waals surface area (Å²) >= 11 is 4.95. The smallest absolute Gasteiger partial charge is 0.324 e. The van der Waals surface area contributed by atoms with Gasteiger partial charge in [-0.2, -0.15) is 5.10 Å². The first-order chi connectivity index (χ1) is 26.9. The Morgan fingerprint density at radius 3 is 2.25 bits per heavy atom. The summed E-state index contributed by atoms with van der Waals surface area (Å²) in [4.78, 5) is 39.8. The number of aryl methyl sites for hydroxylation is 1. The first kappa shape index (κ1) is 43.4. The van der Waals surface area contributed by atoms with Gasteiger partial charge in [0.1, 0.15) is 24.8 Å². The third-order valence-corrected chi connectivity index (χ3v) is 8.28. The number of methoxy groups -OCH3 is 1. The van der Waals surface area contributed by atoms with Crippen molar-refractivity contribution < 1.29 is 33.3 Å². The SMILES string of the molecule is CCCOCC(=O)Cl.COCCOCC(=O)Nc1cnccc1CCOc1ccc(NC(=O)Nc2cc(C(C)(C)C)nn2-c2ccc(C)cc2)c2ccccc12. The van der Waals surface area contributed by atoms with Gasteiger partial charge in [-0.25, -0.2) is 9.48 Å². The minimum atomic E-state index is -0.432. The highest BCUT2D eigenvalue weighted by Crippen LogP contribution is 2.32. The third-order valence-electron chi connectivity index (χ3n) is 8.17. The highest BCUT2D eigenvalue weighted by atomic mass is 35.5. The Balaban J connectivity index is 0.000000784. The molecule has 0 radical (unpaired) electrons. The molecular weight excluding hydrogens is 736 g/mol. The molecule has 0 spiro atoms. The standard InChI is InChI=1S/C37H42N6O5.C5H9ClO2/c1-25-10-12-27(13-11-25)43-34(22-33(42-43)37(2,3)4)41-36(45)40-30-14-15-32(29-9-7-6-8-28(29)30)48-19-17-26-16-18-38-23-31(26)39-35(44)24-47-21-20-46-5;1-2-3-8-4-5(6)7/h6-16,18,22-23H,17,19-21,24H2,1-5H3,(H,39,44)(H2,40,41,45);2-4H2,1H3. The molecule has 0 atom stereocenters. The van der Waals surface area contributed by atoms with E-state index in [9.17, 15) is 14.4 Å². The number of fused-ring (bicyclic) bond motifs is 1. The summed E-state index contributed by atoms with van der Waals surface area (Å²) in [6.07, 6.45) is 4.74. The number of hydrogen-bond donors (Lipinski definition) is 3. The summed E-state index contributed by atoms with van der Waals surface area (Å²) in [5.41, 5.74) is 4.77. The molecule has 0 aliphatic rings. The van der Waals surface area contributed by atoms with E-state index in [1.54, 1.807) is 24.2 Å². The molecule has 0 saturated heterocycles. The molecule has 3 amide bonds. The number of nitrogens with zero attached hydrogens (tertiary/aromatic N) is 3. The number of nitrogens with one attached hydrogen (secondary N) is 3. The number of ether oxygens (including phenoxy) is 4. The van der Waals surface area contributed by atoms with Crippen LogP contribution in [0.3, 0.4) is 0 Å². The minimum absolute atomic E-state index is 0.0371. The number of anilines is 3. The number of urea groups is 1. The van der Waals surface area contributed by atoms with Crippen molar-refractivity contribution in [2.45, 2.75) is 52.9 Å². The monoisotopic (exact) mass is 786 g/mol. The van der Waals surface area contributed by atoms with Crippen LogP contribution in [0.4, 0.5) is 22.0 Å². The summed E-state index contributed by atoms with van der Waals surface area (Å²) in [6.45, 7) is 11.9. The van der Waals surface area contributed by atoms with Crippen molar-refractivity contribution in [3.8, 4) is 11.4 Å². The van der Waals surface area contributed by atoms with Crippen LogP contribution in [-0.4, -0.2) is 78.7 Å². The summed E-state index contributed by atoms with van der Waals surface area (Å²) in [5, 5.41) is 14.9. The summed E-state index contributed by atoms with van der Waals surface area (Å²) in [7, 11) is 1.58. The lowest BCUT2D eigenvalue weighted by atomic mass is 9.92. The highest BCUT2D eigenvalue weighted by Gasteiger charge is 2.22. The fourth-order valence-corrected chi connectivity index (χ4v) is 5.39. The Hall–Kier alpha value is -5.34. The van der Waals surface area contributed by atoms with Gasteiger partial charge in [0.05, 0.1) is 48.8 Å². The number of amides is 3. The van der Waals surface area contributed by atoms with Gasteiger partial charge < -0.3 is 29.6 Å². The largest absolute Gasteiger partial charge is 0.493 e. The number of benzene rings is 3. The Bertz CT molecular complexity index is 2050. The fraction of sp³-hybridized carbons (Fsp3) is 0.357. The Morgan fingerprint density at radius 2 is 1.55 bits per heavy atom. The zero-order valence-corrected chi connectivity index (χ0v) is 33.6. The van der Waals surface area contributed by atoms with Crippen LogP contribution in [0.1, 0.15) is 50.9 Å². The molecule has 2 aromatic heterocycles. The van der Waals surface area contributed by atoms with Gasteiger partial charge in [0.25, 0.3) is 0 Å². The second-order valence-electron chi connectivity index (χ2n) is 13.8. The zero-order valence-electron chi connectivity index (χ0n) is 32.8. The number of carbonyl (C=O) groups is 3. The lowest BCUT2D eigenvalue weighted by Crippen LogP contribution is -2.21. The lowest BCUT2D eigenvalue weighted by molar-refractivity contribution is -0.121. The average Bonchev–Trinajstić information content (AvgIpc) is 3.60. The van der Waals surface area contributed by atoms with Crippen molar-refractivity contribution in [1.82, 2.24) is 14.8 Å². The maximum atomic E-state index is 13.4. The molecule has 0 unspecified atom stereocenters. The molecule has 3 aromatic carbocycles. The molecule has 298 valence electrons. The van der Waals surface area contributed by atoms with Crippen molar-refractivity contribution in [2.75, 3.05) is 62.7 Å². The normalized spacial score (nSPS) is 11.1. The molecule has 13 nitrogen and oxygen atoms in total. The van der Waals surface area contributed by atoms with Crippen LogP contribution in [0.5, 0.6) is 5.75 Å². The van der Waals surface area contributed by atoms with Gasteiger partial charge in [-0.1, -0.05) is 69.7 Å². The van der Waals surface area contributed by atoms with Crippen molar-refractivity contribution in [3.05, 3.63) is 102 Å². The van der Waals surface area contributed by atoms with E-state index in [1.807, 2.05) is 86.6 Å². The van der Waals surface area contributed by atoms with Crippen LogP contribution in [0, 0.1) is 6.92 Å². The molecule has 0 aliphatic carbocycles. The Labute approximate surface area is 333 Å². The maximum Gasteiger partial charge on any atom is 0.324 e. The molecule has 0 fully saturated rings. The van der Waals surface area contributed by atoms with Crippen LogP contribution in [-0.2, 0) is 35.6 Å². The van der Waals surface area contributed by atoms with Crippen molar-refractivity contribution in [2.24, 2.45) is 0 Å². The van der Waals surface area contributed by atoms with E-state index in [1.165, 1.54) is 0 Å². The van der Waals surface area contributed by atoms with Crippen LogP contribution in [0.25, 0.3) is 16.5 Å². The first-order valence-electron chi connectivity index (χ1n) is 18.3. The summed E-state index contributed by atoms with van der Waals surface area (Å²) in [6, 6.07) is 22.8. The topological polar surface area (TPSA) is 155 Å². The molecule has 0 aliphatic heterocycles. The molecule has 2 heterocycles. The van der Waals surface area contributed by atoms with Gasteiger partial charge in [0.15, 0.2) is 0 Å². The molecule has 5 rings (SSSR count). The number of carbonyl (C=O) groups excluding carboxylic acids is 3. The number of halogens is 1. The van der Waals surface area contributed by atoms with Crippen molar-refractivity contribution in [1.29, 1.82) is 0 Å². The van der Waals surface area contributed by atoms with Gasteiger partial charge in [0, 0.05) is 48.6 Å². The van der Waals surface area contributed by atoms with Crippen LogP contribution < -0.4 is 20.7 Å². The van der Waals surface area contributed by atoms with Gasteiger partial charge in [-0.3, -0.25) is 19.9 Å². The van der Waals surface area contributed by atoms with Crippen LogP contribution in [0.15, 0.2) is 85.2 Å². The van der Waals surface area contributed by atoms with Crippen molar-refractivity contribution in [3.63, 3.8) is 0 Å². The van der Waals surface area contributed by atoms with E-state index >= 15 is 0 Å². The molecular formula is C42H51ClN6O7. The van der Waals surface area contributed by atoms with Crippen LogP contribution in [0.2, 0.25) is 0 Å². The van der Waals surface area contributed by atoms with Crippen LogP contribution >= 0.6 is 11.6 Å². The van der Waals surface area contributed by atoms with E-state index in [0.29, 0.717) is 55.8 Å². The number of pyridine rings is 1. The Kier molecular flexibility index (Phi) is 16.8. The molecule has 0 saturated carbocycles. The molecule has 14 heteroatoms. The van der Waals surface area contributed by atoms with Gasteiger partial charge in [-0.15, -0.1) is 0 Å². The van der Waals surface area contributed by atoms with E-state index in [-0.39, 0.29) is 30.6 Å². The van der Waals surface area contributed by atoms with Gasteiger partial charge in [0.2, 0.25) is 11.1 Å². The predicted molar refractivity (Wildman–Crippen MR) is 220 cm³/mol. The van der Waals surface area contributed by atoms with E-state index in [2.05, 4.69) is 41.7 Å². The second-order valence-corrected chi connectivity index (χ2v) is 14.2. The van der Waals surface area contributed by atoms with Gasteiger partial charge >= 0.3 is 6.03 Å². The zero-order chi connectivity index (χ0) is 40.5. The lowest BCUT2D eigenvalue weighted by Gasteiger charge is -2.15. The van der Waals surface area contributed by atoms with E-state index in [0.717, 1.165) is 39.7 Å². The fourth-order valence-electron chi connectivity index (χ4n) is 5.31. The molecule has 5 aromatic rings.